The second kappa shape index (κ2) is 37.0. The third-order valence-corrected chi connectivity index (χ3v) is 26.6. The predicted molar refractivity (Wildman–Crippen MR) is 458 cm³/mol. The van der Waals surface area contributed by atoms with Gasteiger partial charge in [-0.05, 0) is 138 Å². The molecule has 21 nitrogen and oxygen atoms in total. The van der Waals surface area contributed by atoms with Gasteiger partial charge in [0.05, 0.1) is 93.4 Å². The number of piperazine rings is 3. The average molecular weight is 1610 g/mol. The number of anilines is 3. The quantitative estimate of drug-likeness (QED) is 0.0738. The number of pyridine rings is 3. The van der Waals surface area contributed by atoms with Crippen LogP contribution < -0.4 is 30.7 Å². The number of hydrogen-bond donors (Lipinski definition) is 3. The van der Waals surface area contributed by atoms with Crippen molar-refractivity contribution in [2.45, 2.75) is 231 Å². The number of rotatable bonds is 18. The number of carbonyl (C=O) groups is 3. The van der Waals surface area contributed by atoms with Crippen LogP contribution in [0.5, 0.6) is 0 Å². The number of halogens is 3. The van der Waals surface area contributed by atoms with Crippen LogP contribution in [0.4, 0.5) is 30.2 Å². The standard InChI is InChI=1S/3C31H44FN5O2/c1-20-14-35(27(13-33-20)15-36-21(2)17-39-18-22(36)3)16-29(38)37-19-31(5,6)30-28(37)11-25(12-34-30)23(4)24-8-7-9-26(32)10-24;2*1-20-14-35(25(13-33-20)15-36-21(2)17-39-18-22(36)3)16-29(38)37-19-31(5,6)30-28(37)11-24(12-34-30)23(4)26-9-7-8-10-27(26)32/h7-12,20-23,27,33H,13-19H2,1-6H3;2*7-12,20-23,25,33H,13-19H2,1-6H3/t20-,21-,22-,23?,27-;2*20-,21-,22-,23?,25-/m111/s1. The van der Waals surface area contributed by atoms with Crippen LogP contribution in [0.1, 0.15) is 193 Å². The normalized spacial score (nSPS) is 28.3. The summed E-state index contributed by atoms with van der Waals surface area (Å²) in [6.45, 7) is 54.0. The minimum Gasteiger partial charge on any atom is -0.378 e. The summed E-state index contributed by atoms with van der Waals surface area (Å²) in [6, 6.07) is 30.6. The average Bonchev–Trinajstić information content (AvgIpc) is 1.62. The Morgan fingerprint density at radius 3 is 1.01 bits per heavy atom. The third kappa shape index (κ3) is 19.9. The molecule has 9 aliphatic rings. The first-order chi connectivity index (χ1) is 55.6. The predicted octanol–water partition coefficient (Wildman–Crippen LogP) is 11.3. The molecule has 3 unspecified atom stereocenters. The zero-order valence-electron chi connectivity index (χ0n) is 72.9. The highest BCUT2D eigenvalue weighted by molar-refractivity contribution is 5.99. The van der Waals surface area contributed by atoms with Crippen molar-refractivity contribution >= 4 is 34.8 Å². The second-order valence-corrected chi connectivity index (χ2v) is 37.7. The minimum absolute atomic E-state index is 0.0323. The van der Waals surface area contributed by atoms with Crippen molar-refractivity contribution in [2.75, 3.05) is 153 Å². The monoisotopic (exact) mass is 1610 g/mol. The lowest BCUT2D eigenvalue weighted by atomic mass is 9.89. The molecule has 24 heteroatoms. The summed E-state index contributed by atoms with van der Waals surface area (Å²) in [7, 11) is 0. The molecule has 0 spiro atoms. The van der Waals surface area contributed by atoms with Gasteiger partial charge in [-0.2, -0.15) is 0 Å². The van der Waals surface area contributed by atoms with Crippen molar-refractivity contribution in [1.82, 2.24) is 60.3 Å². The Balaban J connectivity index is 0.000000152. The Bertz CT molecular complexity index is 4230. The molecule has 3 aromatic heterocycles. The Morgan fingerprint density at radius 1 is 0.410 bits per heavy atom. The highest BCUT2D eigenvalue weighted by Gasteiger charge is 2.46. The Kier molecular flexibility index (Phi) is 27.7. The van der Waals surface area contributed by atoms with Gasteiger partial charge in [-0.25, -0.2) is 13.2 Å². The molecule has 6 aromatic rings. The van der Waals surface area contributed by atoms with E-state index in [1.165, 1.54) is 18.2 Å². The first-order valence-corrected chi connectivity index (χ1v) is 43.2. The summed E-state index contributed by atoms with van der Waals surface area (Å²) in [5.41, 5.74) is 9.68. The van der Waals surface area contributed by atoms with Gasteiger partial charge in [0.15, 0.2) is 0 Å². The van der Waals surface area contributed by atoms with Crippen molar-refractivity contribution < 1.29 is 41.8 Å². The smallest absolute Gasteiger partial charge is 0.241 e. The zero-order chi connectivity index (χ0) is 83.7. The number of morpholine rings is 3. The number of ether oxygens (including phenoxy) is 3. The number of nitrogens with one attached hydrogen (secondary N) is 3. The van der Waals surface area contributed by atoms with E-state index in [-0.39, 0.29) is 87.3 Å². The van der Waals surface area contributed by atoms with Gasteiger partial charge in [0.1, 0.15) is 17.5 Å². The van der Waals surface area contributed by atoms with E-state index >= 15 is 0 Å². The van der Waals surface area contributed by atoms with Gasteiger partial charge in [-0.3, -0.25) is 58.7 Å². The Morgan fingerprint density at radius 2 is 0.709 bits per heavy atom. The summed E-state index contributed by atoms with van der Waals surface area (Å²) in [6.07, 6.45) is 5.59. The van der Waals surface area contributed by atoms with Gasteiger partial charge in [0.25, 0.3) is 0 Å². The molecule has 0 aliphatic carbocycles. The highest BCUT2D eigenvalue weighted by Crippen LogP contribution is 2.45. The first kappa shape index (κ1) is 87.6. The minimum atomic E-state index is -0.250. The maximum absolute atomic E-state index is 14.6. The number of hydrogen-bond acceptors (Lipinski definition) is 18. The molecule has 6 saturated heterocycles. The van der Waals surface area contributed by atoms with Gasteiger partial charge in [0, 0.05) is 204 Å². The lowest BCUT2D eigenvalue weighted by molar-refractivity contribution is -0.122. The van der Waals surface area contributed by atoms with E-state index in [9.17, 15) is 27.6 Å². The molecule has 3 N–H and O–H groups in total. The van der Waals surface area contributed by atoms with Crippen molar-refractivity contribution in [3.05, 3.63) is 178 Å². The molecule has 117 heavy (non-hydrogen) atoms. The number of fused-ring (bicyclic) bond motifs is 3. The van der Waals surface area contributed by atoms with Crippen molar-refractivity contribution in [2.24, 2.45) is 0 Å². The maximum atomic E-state index is 14.6. The van der Waals surface area contributed by atoms with Crippen LogP contribution in [-0.4, -0.2) is 272 Å². The van der Waals surface area contributed by atoms with E-state index in [1.807, 2.05) is 77.5 Å². The zero-order valence-corrected chi connectivity index (χ0v) is 72.9. The molecule has 3 aromatic carbocycles. The van der Waals surface area contributed by atoms with E-state index in [0.29, 0.717) is 105 Å². The van der Waals surface area contributed by atoms with Crippen LogP contribution in [0.2, 0.25) is 0 Å². The molecule has 3 amide bonds. The number of carbonyl (C=O) groups excluding carboxylic acids is 3. The fourth-order valence-electron chi connectivity index (χ4n) is 19.5. The molecule has 0 bridgehead atoms. The molecule has 0 radical (unpaired) electrons. The number of amides is 3. The molecule has 12 heterocycles. The Hall–Kier alpha value is -7.17. The van der Waals surface area contributed by atoms with Gasteiger partial charge < -0.3 is 44.9 Å². The van der Waals surface area contributed by atoms with E-state index in [2.05, 4.69) is 174 Å². The number of nitrogens with zero attached hydrogens (tertiary/aromatic N) is 12. The van der Waals surface area contributed by atoms with E-state index in [0.717, 1.165) is 155 Å². The topological polar surface area (TPSA) is 183 Å². The molecule has 15 atom stereocenters. The van der Waals surface area contributed by atoms with Gasteiger partial charge in [0.2, 0.25) is 17.7 Å². The van der Waals surface area contributed by atoms with Crippen molar-refractivity contribution in [1.29, 1.82) is 0 Å². The lowest BCUT2D eigenvalue weighted by Crippen LogP contribution is -2.63. The molecule has 0 saturated carbocycles. The lowest BCUT2D eigenvalue weighted by Gasteiger charge is -2.46. The second-order valence-electron chi connectivity index (χ2n) is 37.7. The van der Waals surface area contributed by atoms with E-state index in [4.69, 9.17) is 29.2 Å². The molecule has 6 fully saturated rings. The van der Waals surface area contributed by atoms with Crippen LogP contribution in [-0.2, 0) is 44.8 Å². The molecular formula is C93H132F3N15O6. The van der Waals surface area contributed by atoms with Gasteiger partial charge in [-0.15, -0.1) is 0 Å². The SMILES string of the molecule is CC(c1cccc(F)c1)c1cnc2c(c1)N(C(=O)CN1C[C@@H](C)NC[C@@H]1CN1[C@H](C)COC[C@H]1C)CC2(C)C.CC(c1cnc2c(c1)N(C(=O)CN1C[C@@H](C)NC[C@@H]1CN1[C@H](C)COC[C@H]1C)CC2(C)C)c1ccccc1F.CC(c1cnc2c(c1)N(C(=O)CN1C[C@@H](C)NC[C@@H]1CN1[C@H](C)COC[C@H]1C)CC2(C)C)c1ccccc1F. The van der Waals surface area contributed by atoms with Crippen LogP contribution in [0.15, 0.2) is 110 Å². The fraction of sp³-hybridized carbons (Fsp3) is 0.613. The van der Waals surface area contributed by atoms with Gasteiger partial charge in [-0.1, -0.05) is 111 Å². The fourth-order valence-corrected chi connectivity index (χ4v) is 19.5. The molecule has 636 valence electrons. The summed E-state index contributed by atoms with van der Waals surface area (Å²) in [5.74, 6) is -0.740. The maximum Gasteiger partial charge on any atom is 0.241 e. The molecule has 15 rings (SSSR count). The van der Waals surface area contributed by atoms with Crippen molar-refractivity contribution in [3.8, 4) is 0 Å². The van der Waals surface area contributed by atoms with Crippen LogP contribution in [0.3, 0.4) is 0 Å². The Labute approximate surface area is 694 Å². The van der Waals surface area contributed by atoms with Crippen molar-refractivity contribution in [3.63, 3.8) is 0 Å². The largest absolute Gasteiger partial charge is 0.378 e. The van der Waals surface area contributed by atoms with Crippen LogP contribution >= 0.6 is 0 Å². The van der Waals surface area contributed by atoms with E-state index < -0.39 is 0 Å². The van der Waals surface area contributed by atoms with E-state index in [1.54, 1.807) is 24.3 Å². The van der Waals surface area contributed by atoms with Gasteiger partial charge >= 0.3 is 0 Å². The number of benzene rings is 3. The summed E-state index contributed by atoms with van der Waals surface area (Å²) in [4.78, 5) is 76.9. The third-order valence-electron chi connectivity index (χ3n) is 26.6. The molecular weight excluding hydrogens is 1480 g/mol. The highest BCUT2D eigenvalue weighted by atomic mass is 19.1. The summed E-state index contributed by atoms with van der Waals surface area (Å²) in [5, 5.41) is 10.9. The molecule has 9 aliphatic heterocycles. The van der Waals surface area contributed by atoms with Crippen LogP contribution in [0, 0.1) is 17.5 Å². The first-order valence-electron chi connectivity index (χ1n) is 43.2. The summed E-state index contributed by atoms with van der Waals surface area (Å²) < 4.78 is 60.3. The van der Waals surface area contributed by atoms with Crippen LogP contribution in [0.25, 0.3) is 0 Å². The summed E-state index contributed by atoms with van der Waals surface area (Å²) >= 11 is 0. The number of aromatic nitrogens is 3.